The summed E-state index contributed by atoms with van der Waals surface area (Å²) in [5.41, 5.74) is 0.107. The van der Waals surface area contributed by atoms with Crippen molar-refractivity contribution in [3.8, 4) is 0 Å². The van der Waals surface area contributed by atoms with Crippen molar-refractivity contribution in [3.05, 3.63) is 22.8 Å². The normalized spacial score (nSPS) is 12.2. The van der Waals surface area contributed by atoms with Crippen LogP contribution in [0.5, 0.6) is 0 Å². The van der Waals surface area contributed by atoms with Crippen LogP contribution in [0.15, 0.2) is 12.3 Å². The molecule has 0 aromatic carbocycles. The second-order valence-corrected chi connectivity index (χ2v) is 5.28. The fourth-order valence-corrected chi connectivity index (χ4v) is 2.82. The summed E-state index contributed by atoms with van der Waals surface area (Å²) in [6.45, 7) is 2.11. The number of carboxylic acid groups (broad SMARTS) is 1. The van der Waals surface area contributed by atoms with Crippen LogP contribution in [0.3, 0.4) is 0 Å². The average molecular weight is 289 g/mol. The SMILES string of the molecule is CCC(CSC)N(C)c1ncc(C(=O)O)cc1Cl. The maximum Gasteiger partial charge on any atom is 0.337 e. The van der Waals surface area contributed by atoms with Crippen LogP contribution in [-0.4, -0.2) is 41.2 Å². The number of carbonyl (C=O) groups is 1. The number of anilines is 1. The minimum atomic E-state index is -1.02. The molecule has 0 radical (unpaired) electrons. The molecule has 1 N–H and O–H groups in total. The molecule has 1 heterocycles. The van der Waals surface area contributed by atoms with Crippen molar-refractivity contribution in [2.24, 2.45) is 0 Å². The molecule has 1 aromatic rings. The summed E-state index contributed by atoms with van der Waals surface area (Å²) in [5, 5.41) is 9.23. The Kier molecular flexibility index (Phi) is 5.75. The maximum atomic E-state index is 10.8. The topological polar surface area (TPSA) is 53.4 Å². The third-order valence-electron chi connectivity index (χ3n) is 2.78. The van der Waals surface area contributed by atoms with Gasteiger partial charge >= 0.3 is 5.97 Å². The van der Waals surface area contributed by atoms with E-state index in [-0.39, 0.29) is 5.56 Å². The molecule has 0 bridgehead atoms. The number of hydrogen-bond donors (Lipinski definition) is 1. The van der Waals surface area contributed by atoms with Gasteiger partial charge in [0, 0.05) is 25.0 Å². The molecule has 1 unspecified atom stereocenters. The van der Waals surface area contributed by atoms with Gasteiger partial charge in [0.25, 0.3) is 0 Å². The van der Waals surface area contributed by atoms with Gasteiger partial charge in [-0.1, -0.05) is 18.5 Å². The van der Waals surface area contributed by atoms with Gasteiger partial charge in [0.05, 0.1) is 10.6 Å². The fraction of sp³-hybridized carbons (Fsp3) is 0.500. The van der Waals surface area contributed by atoms with Gasteiger partial charge in [-0.05, 0) is 18.7 Å². The van der Waals surface area contributed by atoms with Crippen molar-refractivity contribution in [2.45, 2.75) is 19.4 Å². The third kappa shape index (κ3) is 3.53. The molecule has 18 heavy (non-hydrogen) atoms. The highest BCUT2D eigenvalue weighted by atomic mass is 35.5. The van der Waals surface area contributed by atoms with Crippen LogP contribution in [0.1, 0.15) is 23.7 Å². The highest BCUT2D eigenvalue weighted by Crippen LogP contribution is 2.26. The molecular formula is C12H17ClN2O2S. The Hall–Kier alpha value is -0.940. The van der Waals surface area contributed by atoms with Gasteiger partial charge in [0.15, 0.2) is 0 Å². The molecule has 1 atom stereocenters. The first-order chi connectivity index (χ1) is 8.51. The van der Waals surface area contributed by atoms with Gasteiger partial charge in [-0.3, -0.25) is 0 Å². The number of aromatic carboxylic acids is 1. The van der Waals surface area contributed by atoms with Crippen molar-refractivity contribution < 1.29 is 9.90 Å². The van der Waals surface area contributed by atoms with E-state index in [1.807, 2.05) is 11.9 Å². The number of nitrogens with zero attached hydrogens (tertiary/aromatic N) is 2. The van der Waals surface area contributed by atoms with Crippen LogP contribution in [0, 0.1) is 0 Å². The van der Waals surface area contributed by atoms with E-state index >= 15 is 0 Å². The lowest BCUT2D eigenvalue weighted by atomic mass is 10.2. The van der Waals surface area contributed by atoms with E-state index in [9.17, 15) is 4.79 Å². The predicted molar refractivity (Wildman–Crippen MR) is 77.1 cm³/mol. The molecule has 0 aliphatic carbocycles. The molecule has 100 valence electrons. The summed E-state index contributed by atoms with van der Waals surface area (Å²) < 4.78 is 0. The highest BCUT2D eigenvalue weighted by Gasteiger charge is 2.17. The van der Waals surface area contributed by atoms with E-state index < -0.39 is 5.97 Å². The first kappa shape index (κ1) is 15.1. The number of hydrogen-bond acceptors (Lipinski definition) is 4. The van der Waals surface area contributed by atoms with Gasteiger partial charge < -0.3 is 10.0 Å². The zero-order chi connectivity index (χ0) is 13.7. The molecule has 0 saturated heterocycles. The Balaban J connectivity index is 2.98. The van der Waals surface area contributed by atoms with Gasteiger partial charge in [0.2, 0.25) is 0 Å². The average Bonchev–Trinajstić information content (AvgIpc) is 2.34. The quantitative estimate of drug-likeness (QED) is 0.872. The Morgan fingerprint density at radius 3 is 2.78 bits per heavy atom. The number of rotatable bonds is 6. The maximum absolute atomic E-state index is 10.8. The minimum absolute atomic E-state index is 0.107. The smallest absolute Gasteiger partial charge is 0.337 e. The Morgan fingerprint density at radius 1 is 1.67 bits per heavy atom. The first-order valence-electron chi connectivity index (χ1n) is 5.61. The lowest BCUT2D eigenvalue weighted by molar-refractivity contribution is 0.0696. The van der Waals surface area contributed by atoms with E-state index in [2.05, 4.69) is 18.2 Å². The summed E-state index contributed by atoms with van der Waals surface area (Å²) >= 11 is 7.86. The van der Waals surface area contributed by atoms with Crippen LogP contribution in [-0.2, 0) is 0 Å². The molecule has 0 fully saturated rings. The predicted octanol–water partition coefficient (Wildman–Crippen LogP) is 3.01. The molecule has 0 spiro atoms. The minimum Gasteiger partial charge on any atom is -0.478 e. The monoisotopic (exact) mass is 288 g/mol. The second kappa shape index (κ2) is 6.85. The molecule has 0 saturated carbocycles. The van der Waals surface area contributed by atoms with E-state index in [0.717, 1.165) is 12.2 Å². The number of thioether (sulfide) groups is 1. The van der Waals surface area contributed by atoms with Crippen LogP contribution in [0.25, 0.3) is 0 Å². The van der Waals surface area contributed by atoms with E-state index in [0.29, 0.717) is 16.9 Å². The lowest BCUT2D eigenvalue weighted by Crippen LogP contribution is -2.34. The summed E-state index contributed by atoms with van der Waals surface area (Å²) in [6, 6.07) is 1.77. The van der Waals surface area contributed by atoms with Crippen LogP contribution < -0.4 is 4.90 Å². The van der Waals surface area contributed by atoms with Gasteiger partial charge in [-0.15, -0.1) is 0 Å². The molecule has 4 nitrogen and oxygen atoms in total. The molecule has 0 aliphatic rings. The standard InChI is InChI=1S/C12H17ClN2O2S/c1-4-9(7-18-3)15(2)11-10(13)5-8(6-14-11)12(16)17/h5-6,9H,4,7H2,1-3H3,(H,16,17). The molecule has 0 amide bonds. The van der Waals surface area contributed by atoms with Crippen LogP contribution in [0.2, 0.25) is 5.02 Å². The van der Waals surface area contributed by atoms with Crippen molar-refractivity contribution in [2.75, 3.05) is 24.0 Å². The van der Waals surface area contributed by atoms with E-state index in [1.165, 1.54) is 12.3 Å². The Bertz CT molecular complexity index is 429. The Morgan fingerprint density at radius 2 is 2.33 bits per heavy atom. The number of aromatic nitrogens is 1. The van der Waals surface area contributed by atoms with Crippen LogP contribution in [0.4, 0.5) is 5.82 Å². The summed E-state index contributed by atoms with van der Waals surface area (Å²) in [7, 11) is 1.93. The molecule has 1 aromatic heterocycles. The van der Waals surface area contributed by atoms with Crippen molar-refractivity contribution in [1.29, 1.82) is 0 Å². The van der Waals surface area contributed by atoms with E-state index in [4.69, 9.17) is 16.7 Å². The fourth-order valence-electron chi connectivity index (χ4n) is 1.68. The largest absolute Gasteiger partial charge is 0.478 e. The number of pyridine rings is 1. The van der Waals surface area contributed by atoms with Gasteiger partial charge in [-0.2, -0.15) is 11.8 Å². The summed E-state index contributed by atoms with van der Waals surface area (Å²) in [4.78, 5) is 17.0. The van der Waals surface area contributed by atoms with Gasteiger partial charge in [0.1, 0.15) is 5.82 Å². The number of carboxylic acids is 1. The lowest BCUT2D eigenvalue weighted by Gasteiger charge is -2.28. The van der Waals surface area contributed by atoms with E-state index in [1.54, 1.807) is 11.8 Å². The van der Waals surface area contributed by atoms with Crippen molar-refractivity contribution in [1.82, 2.24) is 4.98 Å². The summed E-state index contributed by atoms with van der Waals surface area (Å²) in [5.74, 6) is 0.587. The third-order valence-corrected chi connectivity index (χ3v) is 3.78. The van der Waals surface area contributed by atoms with Gasteiger partial charge in [-0.25, -0.2) is 9.78 Å². The first-order valence-corrected chi connectivity index (χ1v) is 7.39. The van der Waals surface area contributed by atoms with Crippen molar-refractivity contribution in [3.63, 3.8) is 0 Å². The second-order valence-electron chi connectivity index (χ2n) is 3.96. The Labute approximate surface area is 116 Å². The molecule has 0 aliphatic heterocycles. The molecular weight excluding hydrogens is 272 g/mol. The highest BCUT2D eigenvalue weighted by molar-refractivity contribution is 7.98. The molecule has 1 rings (SSSR count). The summed E-state index contributed by atoms with van der Waals surface area (Å²) in [6.07, 6.45) is 4.38. The molecule has 6 heteroatoms. The zero-order valence-corrected chi connectivity index (χ0v) is 12.3. The van der Waals surface area contributed by atoms with Crippen LogP contribution >= 0.6 is 23.4 Å². The van der Waals surface area contributed by atoms with Crippen molar-refractivity contribution >= 4 is 35.1 Å². The number of halogens is 1. The zero-order valence-electron chi connectivity index (χ0n) is 10.7.